The van der Waals surface area contributed by atoms with E-state index in [4.69, 9.17) is 16.6 Å². The quantitative estimate of drug-likeness (QED) is 0.547. The second-order valence-corrected chi connectivity index (χ2v) is 4.92. The van der Waals surface area contributed by atoms with Crippen LogP contribution in [-0.4, -0.2) is 16.8 Å². The summed E-state index contributed by atoms with van der Waals surface area (Å²) in [5, 5.41) is 20.0. The van der Waals surface area contributed by atoms with Gasteiger partial charge in [-0.25, -0.2) is 0 Å². The lowest BCUT2D eigenvalue weighted by molar-refractivity contribution is 0.475. The largest absolute Gasteiger partial charge is 0.508 e. The lowest BCUT2D eigenvalue weighted by atomic mass is 10.1. The van der Waals surface area contributed by atoms with E-state index in [1.165, 1.54) is 5.56 Å². The number of anilines is 1. The molecule has 0 aromatic heterocycles. The van der Waals surface area contributed by atoms with Crippen LogP contribution in [0.15, 0.2) is 60.7 Å². The van der Waals surface area contributed by atoms with Crippen LogP contribution in [0.3, 0.4) is 0 Å². The SMILES string of the molecule is NCCc1ccc(O)cc1.Nc1cccc2c(O)cccc12. The van der Waals surface area contributed by atoms with Gasteiger partial charge in [-0.3, -0.25) is 0 Å². The Morgan fingerprint density at radius 3 is 2.05 bits per heavy atom. The van der Waals surface area contributed by atoms with E-state index in [0.29, 0.717) is 18.0 Å². The van der Waals surface area contributed by atoms with Crippen LogP contribution in [0.2, 0.25) is 0 Å². The molecule has 22 heavy (non-hydrogen) atoms. The Labute approximate surface area is 129 Å². The minimum absolute atomic E-state index is 0.278. The molecule has 114 valence electrons. The molecule has 0 fully saturated rings. The number of benzene rings is 3. The van der Waals surface area contributed by atoms with Crippen molar-refractivity contribution in [2.75, 3.05) is 12.3 Å². The third kappa shape index (κ3) is 3.90. The first-order valence-electron chi connectivity index (χ1n) is 7.06. The maximum absolute atomic E-state index is 9.44. The first-order valence-corrected chi connectivity index (χ1v) is 7.06. The fourth-order valence-electron chi connectivity index (χ4n) is 2.15. The Morgan fingerprint density at radius 1 is 0.773 bits per heavy atom. The van der Waals surface area contributed by atoms with Crippen molar-refractivity contribution in [3.8, 4) is 11.5 Å². The Hall–Kier alpha value is -2.72. The van der Waals surface area contributed by atoms with E-state index < -0.39 is 0 Å². The molecule has 0 aliphatic rings. The summed E-state index contributed by atoms with van der Waals surface area (Å²) in [6.07, 6.45) is 0.875. The molecule has 0 saturated carbocycles. The number of nitrogen functional groups attached to an aromatic ring is 1. The average Bonchev–Trinajstić information content (AvgIpc) is 2.52. The summed E-state index contributed by atoms with van der Waals surface area (Å²) in [5.74, 6) is 0.584. The van der Waals surface area contributed by atoms with Crippen molar-refractivity contribution >= 4 is 16.5 Å². The van der Waals surface area contributed by atoms with E-state index in [0.717, 1.165) is 17.2 Å². The molecular formula is C18H20N2O2. The van der Waals surface area contributed by atoms with Gasteiger partial charge in [0.25, 0.3) is 0 Å². The highest BCUT2D eigenvalue weighted by Crippen LogP contribution is 2.27. The molecule has 0 aliphatic carbocycles. The van der Waals surface area contributed by atoms with Crippen molar-refractivity contribution in [3.63, 3.8) is 0 Å². The molecule has 4 nitrogen and oxygen atoms in total. The molecule has 0 bridgehead atoms. The molecule has 0 radical (unpaired) electrons. The third-order valence-electron chi connectivity index (χ3n) is 3.30. The smallest absolute Gasteiger partial charge is 0.123 e. The van der Waals surface area contributed by atoms with E-state index in [1.54, 1.807) is 24.3 Å². The van der Waals surface area contributed by atoms with Crippen molar-refractivity contribution in [1.82, 2.24) is 0 Å². The van der Waals surface area contributed by atoms with Crippen LogP contribution in [0.5, 0.6) is 11.5 Å². The highest BCUT2D eigenvalue weighted by molar-refractivity contribution is 5.96. The molecular weight excluding hydrogens is 276 g/mol. The summed E-state index contributed by atoms with van der Waals surface area (Å²) < 4.78 is 0. The fraction of sp³-hybridized carbons (Fsp3) is 0.111. The van der Waals surface area contributed by atoms with E-state index in [2.05, 4.69) is 0 Å². The van der Waals surface area contributed by atoms with Gasteiger partial charge in [-0.15, -0.1) is 0 Å². The fourth-order valence-corrected chi connectivity index (χ4v) is 2.15. The first kappa shape index (κ1) is 15.7. The normalized spacial score (nSPS) is 10.0. The minimum Gasteiger partial charge on any atom is -0.508 e. The van der Waals surface area contributed by atoms with Crippen molar-refractivity contribution in [2.24, 2.45) is 5.73 Å². The summed E-state index contributed by atoms with van der Waals surface area (Å²) in [6, 6.07) is 17.9. The minimum atomic E-state index is 0.278. The zero-order valence-corrected chi connectivity index (χ0v) is 12.2. The Kier molecular flexibility index (Phi) is 5.22. The Balaban J connectivity index is 0.000000164. The summed E-state index contributed by atoms with van der Waals surface area (Å²) >= 11 is 0. The molecule has 0 atom stereocenters. The van der Waals surface area contributed by atoms with E-state index in [1.807, 2.05) is 36.4 Å². The number of hydrogen-bond donors (Lipinski definition) is 4. The second kappa shape index (κ2) is 7.33. The molecule has 4 heteroatoms. The van der Waals surface area contributed by atoms with Gasteiger partial charge in [-0.1, -0.05) is 36.4 Å². The summed E-state index contributed by atoms with van der Waals surface area (Å²) in [7, 11) is 0. The summed E-state index contributed by atoms with van der Waals surface area (Å²) in [5.41, 5.74) is 12.9. The molecule has 0 heterocycles. The highest BCUT2D eigenvalue weighted by atomic mass is 16.3. The van der Waals surface area contributed by atoms with Crippen LogP contribution in [-0.2, 0) is 6.42 Å². The van der Waals surface area contributed by atoms with E-state index >= 15 is 0 Å². The number of aromatic hydroxyl groups is 2. The number of phenols is 2. The molecule has 3 aromatic carbocycles. The number of rotatable bonds is 2. The molecule has 0 aliphatic heterocycles. The van der Waals surface area contributed by atoms with Crippen LogP contribution in [0.25, 0.3) is 10.8 Å². The zero-order chi connectivity index (χ0) is 15.9. The van der Waals surface area contributed by atoms with E-state index in [9.17, 15) is 5.11 Å². The van der Waals surface area contributed by atoms with Gasteiger partial charge in [0.2, 0.25) is 0 Å². The van der Waals surface area contributed by atoms with Gasteiger partial charge in [-0.2, -0.15) is 0 Å². The number of fused-ring (bicyclic) bond motifs is 1. The summed E-state index contributed by atoms with van der Waals surface area (Å²) in [4.78, 5) is 0. The first-order chi connectivity index (χ1) is 10.6. The van der Waals surface area contributed by atoms with Crippen molar-refractivity contribution in [2.45, 2.75) is 6.42 Å². The van der Waals surface area contributed by atoms with Crippen LogP contribution in [0, 0.1) is 0 Å². The standard InChI is InChI=1S/C10H9NO.C8H11NO/c11-9-5-1-4-8-7(9)3-2-6-10(8)12;9-6-5-7-1-3-8(10)4-2-7/h1-6,12H,11H2;1-4,10H,5-6,9H2. The van der Waals surface area contributed by atoms with Gasteiger partial charge in [0.05, 0.1) is 0 Å². The Morgan fingerprint density at radius 2 is 1.41 bits per heavy atom. The van der Waals surface area contributed by atoms with Gasteiger partial charge in [0, 0.05) is 16.5 Å². The molecule has 0 saturated heterocycles. The van der Waals surface area contributed by atoms with Crippen LogP contribution in [0.4, 0.5) is 5.69 Å². The predicted octanol–water partition coefficient (Wildman–Crippen LogP) is 3.02. The molecule has 3 rings (SSSR count). The number of nitrogens with two attached hydrogens (primary N) is 2. The van der Waals surface area contributed by atoms with E-state index in [-0.39, 0.29) is 5.75 Å². The maximum atomic E-state index is 9.44. The monoisotopic (exact) mass is 296 g/mol. The van der Waals surface area contributed by atoms with Crippen molar-refractivity contribution in [3.05, 3.63) is 66.2 Å². The van der Waals surface area contributed by atoms with Gasteiger partial charge >= 0.3 is 0 Å². The molecule has 0 amide bonds. The Bertz CT molecular complexity index is 698. The topological polar surface area (TPSA) is 92.5 Å². The van der Waals surface area contributed by atoms with Gasteiger partial charge in [0.1, 0.15) is 11.5 Å². The number of hydrogen-bond acceptors (Lipinski definition) is 4. The van der Waals surface area contributed by atoms with Gasteiger partial charge in [0.15, 0.2) is 0 Å². The van der Waals surface area contributed by atoms with Crippen LogP contribution >= 0.6 is 0 Å². The van der Waals surface area contributed by atoms with Crippen LogP contribution in [0.1, 0.15) is 5.56 Å². The third-order valence-corrected chi connectivity index (χ3v) is 3.30. The lowest BCUT2D eigenvalue weighted by Crippen LogP contribution is -2.01. The predicted molar refractivity (Wildman–Crippen MR) is 90.9 cm³/mol. The van der Waals surface area contributed by atoms with Crippen molar-refractivity contribution in [1.29, 1.82) is 0 Å². The van der Waals surface area contributed by atoms with Crippen LogP contribution < -0.4 is 11.5 Å². The molecule has 6 N–H and O–H groups in total. The molecule has 0 spiro atoms. The van der Waals surface area contributed by atoms with Crippen molar-refractivity contribution < 1.29 is 10.2 Å². The highest BCUT2D eigenvalue weighted by Gasteiger charge is 1.99. The molecule has 0 unspecified atom stereocenters. The second-order valence-electron chi connectivity index (χ2n) is 4.92. The maximum Gasteiger partial charge on any atom is 0.123 e. The van der Waals surface area contributed by atoms with Gasteiger partial charge < -0.3 is 21.7 Å². The summed E-state index contributed by atoms with van der Waals surface area (Å²) in [6.45, 7) is 0.658. The van der Waals surface area contributed by atoms with Gasteiger partial charge in [-0.05, 0) is 42.8 Å². The number of phenolic OH excluding ortho intramolecular Hbond substituents is 2. The lowest BCUT2D eigenvalue weighted by Gasteiger charge is -2.02. The average molecular weight is 296 g/mol. The zero-order valence-electron chi connectivity index (χ0n) is 12.2. The molecule has 3 aromatic rings.